The number of ether oxygens (including phenoxy) is 1. The van der Waals surface area contributed by atoms with Gasteiger partial charge in [-0.05, 0) is 25.1 Å². The first-order valence-corrected chi connectivity index (χ1v) is 6.73. The SMILES string of the molecule is CCc1cccnc1CNCC1CN(C)CCO1. The molecule has 1 fully saturated rings. The molecule has 0 radical (unpaired) electrons. The lowest BCUT2D eigenvalue weighted by Crippen LogP contribution is -2.44. The molecule has 1 aliphatic heterocycles. The predicted molar refractivity (Wildman–Crippen MR) is 72.6 cm³/mol. The van der Waals surface area contributed by atoms with E-state index in [1.165, 1.54) is 5.56 Å². The molecule has 1 atom stereocenters. The van der Waals surface area contributed by atoms with Crippen LogP contribution in [-0.2, 0) is 17.7 Å². The molecule has 0 amide bonds. The molecule has 1 saturated heterocycles. The van der Waals surface area contributed by atoms with E-state index in [2.05, 4.69) is 35.2 Å². The molecular weight excluding hydrogens is 226 g/mol. The van der Waals surface area contributed by atoms with Gasteiger partial charge in [-0.2, -0.15) is 0 Å². The number of rotatable bonds is 5. The van der Waals surface area contributed by atoms with Gasteiger partial charge in [0.2, 0.25) is 0 Å². The molecule has 18 heavy (non-hydrogen) atoms. The van der Waals surface area contributed by atoms with Crippen molar-refractivity contribution in [3.63, 3.8) is 0 Å². The van der Waals surface area contributed by atoms with Gasteiger partial charge in [0.25, 0.3) is 0 Å². The van der Waals surface area contributed by atoms with E-state index in [9.17, 15) is 0 Å². The summed E-state index contributed by atoms with van der Waals surface area (Å²) < 4.78 is 5.72. The molecule has 100 valence electrons. The average Bonchev–Trinajstić information content (AvgIpc) is 2.39. The maximum Gasteiger partial charge on any atom is 0.0826 e. The normalized spacial score (nSPS) is 21.1. The molecule has 1 aliphatic rings. The Morgan fingerprint density at radius 1 is 1.56 bits per heavy atom. The maximum atomic E-state index is 5.72. The first kappa shape index (κ1) is 13.5. The summed E-state index contributed by atoms with van der Waals surface area (Å²) in [7, 11) is 2.14. The third-order valence-corrected chi connectivity index (χ3v) is 3.37. The van der Waals surface area contributed by atoms with Crippen LogP contribution in [-0.4, -0.2) is 49.3 Å². The van der Waals surface area contributed by atoms with Crippen molar-refractivity contribution < 1.29 is 4.74 Å². The zero-order valence-electron chi connectivity index (χ0n) is 11.4. The monoisotopic (exact) mass is 249 g/mol. The number of nitrogens with one attached hydrogen (secondary N) is 1. The van der Waals surface area contributed by atoms with Crippen LogP contribution in [0.1, 0.15) is 18.2 Å². The Labute approximate surface area is 109 Å². The van der Waals surface area contributed by atoms with Crippen LogP contribution in [0.25, 0.3) is 0 Å². The number of pyridine rings is 1. The molecule has 1 unspecified atom stereocenters. The lowest BCUT2D eigenvalue weighted by Gasteiger charge is -2.30. The van der Waals surface area contributed by atoms with Crippen molar-refractivity contribution in [2.24, 2.45) is 0 Å². The molecule has 2 rings (SSSR count). The molecule has 4 nitrogen and oxygen atoms in total. The van der Waals surface area contributed by atoms with Crippen molar-refractivity contribution in [2.75, 3.05) is 33.3 Å². The van der Waals surface area contributed by atoms with Gasteiger partial charge in [0.1, 0.15) is 0 Å². The zero-order chi connectivity index (χ0) is 12.8. The van der Waals surface area contributed by atoms with E-state index in [1.54, 1.807) is 0 Å². The van der Waals surface area contributed by atoms with Crippen LogP contribution >= 0.6 is 0 Å². The van der Waals surface area contributed by atoms with E-state index < -0.39 is 0 Å². The quantitative estimate of drug-likeness (QED) is 0.847. The highest BCUT2D eigenvalue weighted by molar-refractivity contribution is 5.19. The van der Waals surface area contributed by atoms with Crippen molar-refractivity contribution in [2.45, 2.75) is 26.0 Å². The van der Waals surface area contributed by atoms with Gasteiger partial charge in [-0.15, -0.1) is 0 Å². The highest BCUT2D eigenvalue weighted by Gasteiger charge is 2.17. The lowest BCUT2D eigenvalue weighted by molar-refractivity contribution is -0.0182. The second-order valence-corrected chi connectivity index (χ2v) is 4.85. The van der Waals surface area contributed by atoms with Gasteiger partial charge in [-0.1, -0.05) is 13.0 Å². The fraction of sp³-hybridized carbons (Fsp3) is 0.643. The zero-order valence-corrected chi connectivity index (χ0v) is 11.4. The van der Waals surface area contributed by atoms with Crippen molar-refractivity contribution in [3.8, 4) is 0 Å². The minimum Gasteiger partial charge on any atom is -0.374 e. The minimum atomic E-state index is 0.303. The van der Waals surface area contributed by atoms with Crippen LogP contribution in [0.15, 0.2) is 18.3 Å². The molecular formula is C14H23N3O. The first-order valence-electron chi connectivity index (χ1n) is 6.73. The van der Waals surface area contributed by atoms with E-state index in [4.69, 9.17) is 4.74 Å². The lowest BCUT2D eigenvalue weighted by atomic mass is 10.1. The number of hydrogen-bond donors (Lipinski definition) is 1. The maximum absolute atomic E-state index is 5.72. The molecule has 1 aromatic rings. The van der Waals surface area contributed by atoms with E-state index in [0.29, 0.717) is 6.10 Å². The summed E-state index contributed by atoms with van der Waals surface area (Å²) in [6.45, 7) is 6.77. The van der Waals surface area contributed by atoms with E-state index in [0.717, 1.165) is 44.9 Å². The van der Waals surface area contributed by atoms with Gasteiger partial charge >= 0.3 is 0 Å². The molecule has 0 aromatic carbocycles. The van der Waals surface area contributed by atoms with Crippen LogP contribution in [0.5, 0.6) is 0 Å². The Balaban J connectivity index is 1.77. The highest BCUT2D eigenvalue weighted by Crippen LogP contribution is 2.06. The molecule has 0 aliphatic carbocycles. The van der Waals surface area contributed by atoms with Crippen LogP contribution in [0.2, 0.25) is 0 Å². The van der Waals surface area contributed by atoms with Crippen molar-refractivity contribution >= 4 is 0 Å². The molecule has 2 heterocycles. The summed E-state index contributed by atoms with van der Waals surface area (Å²) in [5.74, 6) is 0. The molecule has 1 N–H and O–H groups in total. The summed E-state index contributed by atoms with van der Waals surface area (Å²) >= 11 is 0. The van der Waals surface area contributed by atoms with Crippen molar-refractivity contribution in [3.05, 3.63) is 29.6 Å². The number of morpholine rings is 1. The Hall–Kier alpha value is -0.970. The van der Waals surface area contributed by atoms with Gasteiger partial charge in [0.05, 0.1) is 18.4 Å². The smallest absolute Gasteiger partial charge is 0.0826 e. The summed E-state index contributed by atoms with van der Waals surface area (Å²) in [6.07, 6.45) is 3.20. The van der Waals surface area contributed by atoms with E-state index >= 15 is 0 Å². The van der Waals surface area contributed by atoms with Gasteiger partial charge in [-0.25, -0.2) is 0 Å². The van der Waals surface area contributed by atoms with Crippen LogP contribution in [0.4, 0.5) is 0 Å². The second-order valence-electron chi connectivity index (χ2n) is 4.85. The van der Waals surface area contributed by atoms with Gasteiger partial charge in [0.15, 0.2) is 0 Å². The minimum absolute atomic E-state index is 0.303. The number of aryl methyl sites for hydroxylation is 1. The van der Waals surface area contributed by atoms with E-state index in [-0.39, 0.29) is 0 Å². The Morgan fingerprint density at radius 2 is 2.44 bits per heavy atom. The summed E-state index contributed by atoms with van der Waals surface area (Å²) in [4.78, 5) is 6.75. The molecule has 0 spiro atoms. The first-order chi connectivity index (χ1) is 8.79. The van der Waals surface area contributed by atoms with Crippen LogP contribution in [0.3, 0.4) is 0 Å². The number of hydrogen-bond acceptors (Lipinski definition) is 4. The summed E-state index contributed by atoms with van der Waals surface area (Å²) in [6, 6.07) is 4.15. The Morgan fingerprint density at radius 3 is 3.22 bits per heavy atom. The average molecular weight is 249 g/mol. The van der Waals surface area contributed by atoms with Crippen LogP contribution < -0.4 is 5.32 Å². The topological polar surface area (TPSA) is 37.4 Å². The standard InChI is InChI=1S/C14H23N3O/c1-3-12-5-4-6-16-14(12)10-15-9-13-11-17(2)7-8-18-13/h4-6,13,15H,3,7-11H2,1-2H3. The largest absolute Gasteiger partial charge is 0.374 e. The fourth-order valence-corrected chi connectivity index (χ4v) is 2.29. The van der Waals surface area contributed by atoms with Gasteiger partial charge in [-0.3, -0.25) is 4.98 Å². The van der Waals surface area contributed by atoms with Crippen LogP contribution in [0, 0.1) is 0 Å². The second kappa shape index (κ2) is 6.83. The van der Waals surface area contributed by atoms with Crippen molar-refractivity contribution in [1.29, 1.82) is 0 Å². The van der Waals surface area contributed by atoms with Gasteiger partial charge < -0.3 is 15.0 Å². The molecule has 4 heteroatoms. The molecule has 0 saturated carbocycles. The third-order valence-electron chi connectivity index (χ3n) is 3.37. The fourth-order valence-electron chi connectivity index (χ4n) is 2.29. The molecule has 1 aromatic heterocycles. The Bertz CT molecular complexity index is 370. The van der Waals surface area contributed by atoms with Gasteiger partial charge in [0, 0.05) is 32.4 Å². The van der Waals surface area contributed by atoms with Crippen molar-refractivity contribution in [1.82, 2.24) is 15.2 Å². The predicted octanol–water partition coefficient (Wildman–Crippen LogP) is 1.06. The molecule has 0 bridgehead atoms. The van der Waals surface area contributed by atoms with E-state index in [1.807, 2.05) is 12.3 Å². The third kappa shape index (κ3) is 3.77. The summed E-state index contributed by atoms with van der Waals surface area (Å²) in [5, 5.41) is 3.45. The highest BCUT2D eigenvalue weighted by atomic mass is 16.5. The number of nitrogens with zero attached hydrogens (tertiary/aromatic N) is 2. The summed E-state index contributed by atoms with van der Waals surface area (Å²) in [5.41, 5.74) is 2.48. The Kier molecular flexibility index (Phi) is 5.11. The number of aromatic nitrogens is 1. The number of likely N-dealkylation sites (N-methyl/N-ethyl adjacent to an activating group) is 1.